The molecule has 1 unspecified atom stereocenters. The number of likely N-dealkylation sites (N-methyl/N-ethyl adjacent to an activating group) is 1. The van der Waals surface area contributed by atoms with Crippen LogP contribution in [0, 0.1) is 5.92 Å². The minimum Gasteiger partial charge on any atom is -0.508 e. The van der Waals surface area contributed by atoms with Crippen LogP contribution in [0.5, 0.6) is 11.5 Å². The van der Waals surface area contributed by atoms with Crippen LogP contribution < -0.4 is 4.74 Å². The first-order valence-electron chi connectivity index (χ1n) is 10.6. The van der Waals surface area contributed by atoms with E-state index in [1.54, 1.807) is 36.4 Å². The van der Waals surface area contributed by atoms with Gasteiger partial charge in [0.1, 0.15) is 17.3 Å². The summed E-state index contributed by atoms with van der Waals surface area (Å²) in [6, 6.07) is 12.4. The lowest BCUT2D eigenvalue weighted by molar-refractivity contribution is -0.140. The highest BCUT2D eigenvalue weighted by Crippen LogP contribution is 2.40. The molecule has 2 N–H and O–H groups in total. The number of ether oxygens (including phenoxy) is 1. The first-order chi connectivity index (χ1) is 15.2. The first-order valence-corrected chi connectivity index (χ1v) is 10.6. The van der Waals surface area contributed by atoms with Crippen LogP contribution in [0.2, 0.25) is 0 Å². The number of Topliss-reactive ketones (excluding diaryl/α,β-unsaturated/α-hetero) is 1. The van der Waals surface area contributed by atoms with Crippen LogP contribution in [0.25, 0.3) is 5.76 Å². The van der Waals surface area contributed by atoms with Crippen LogP contribution in [0.15, 0.2) is 54.1 Å². The fourth-order valence-corrected chi connectivity index (χ4v) is 3.57. The normalized spacial score (nSPS) is 18.1. The second-order valence-electron chi connectivity index (χ2n) is 8.62. The SMILES string of the molecule is CC(C)COc1cccc(/C(O)=C2/C(=O)C(=O)N(CCN(C)C)C2c2ccc(O)cc2)c1. The van der Waals surface area contributed by atoms with E-state index in [0.29, 0.717) is 42.5 Å². The van der Waals surface area contributed by atoms with Gasteiger partial charge >= 0.3 is 0 Å². The van der Waals surface area contributed by atoms with Gasteiger partial charge in [0.15, 0.2) is 0 Å². The summed E-state index contributed by atoms with van der Waals surface area (Å²) in [5.74, 6) is -0.640. The Hall–Kier alpha value is -3.32. The van der Waals surface area contributed by atoms with E-state index < -0.39 is 17.7 Å². The van der Waals surface area contributed by atoms with Gasteiger partial charge in [-0.15, -0.1) is 0 Å². The van der Waals surface area contributed by atoms with Gasteiger partial charge in [0, 0.05) is 18.7 Å². The number of carbonyl (C=O) groups excluding carboxylic acids is 2. The molecule has 0 aliphatic carbocycles. The molecule has 1 heterocycles. The Morgan fingerprint density at radius 1 is 1.12 bits per heavy atom. The number of likely N-dealkylation sites (tertiary alicyclic amines) is 1. The second kappa shape index (κ2) is 9.87. The number of aliphatic hydroxyl groups excluding tert-OH is 1. The lowest BCUT2D eigenvalue weighted by atomic mass is 9.95. The Balaban J connectivity index is 2.07. The van der Waals surface area contributed by atoms with Gasteiger partial charge in [-0.1, -0.05) is 38.1 Å². The molecule has 7 nitrogen and oxygen atoms in total. The van der Waals surface area contributed by atoms with Gasteiger partial charge in [-0.2, -0.15) is 0 Å². The average Bonchev–Trinajstić information content (AvgIpc) is 3.01. The zero-order valence-electron chi connectivity index (χ0n) is 18.9. The smallest absolute Gasteiger partial charge is 0.295 e. The number of hydrogen-bond acceptors (Lipinski definition) is 6. The lowest BCUT2D eigenvalue weighted by Crippen LogP contribution is -2.35. The maximum absolute atomic E-state index is 13.0. The van der Waals surface area contributed by atoms with Crippen molar-refractivity contribution in [1.82, 2.24) is 9.80 Å². The number of aliphatic hydroxyl groups is 1. The number of nitrogens with zero attached hydrogens (tertiary/aromatic N) is 2. The number of aromatic hydroxyl groups is 1. The van der Waals surface area contributed by atoms with Crippen molar-refractivity contribution in [1.29, 1.82) is 0 Å². The average molecular weight is 439 g/mol. The van der Waals surface area contributed by atoms with Crippen molar-refractivity contribution in [2.45, 2.75) is 19.9 Å². The summed E-state index contributed by atoms with van der Waals surface area (Å²) in [5, 5.41) is 20.8. The Morgan fingerprint density at radius 3 is 2.44 bits per heavy atom. The number of hydrogen-bond donors (Lipinski definition) is 2. The molecule has 32 heavy (non-hydrogen) atoms. The summed E-state index contributed by atoms with van der Waals surface area (Å²) in [6.07, 6.45) is 0. The maximum atomic E-state index is 13.0. The van der Waals surface area contributed by atoms with Crippen molar-refractivity contribution in [3.8, 4) is 11.5 Å². The highest BCUT2D eigenvalue weighted by Gasteiger charge is 2.45. The minimum absolute atomic E-state index is 0.0282. The van der Waals surface area contributed by atoms with E-state index in [-0.39, 0.29) is 17.1 Å². The van der Waals surface area contributed by atoms with Crippen molar-refractivity contribution >= 4 is 17.4 Å². The topological polar surface area (TPSA) is 90.3 Å². The molecule has 2 aromatic carbocycles. The Bertz CT molecular complexity index is 1010. The molecular weight excluding hydrogens is 408 g/mol. The molecule has 7 heteroatoms. The van der Waals surface area contributed by atoms with Gasteiger partial charge in [0.05, 0.1) is 18.2 Å². The Kier molecular flexibility index (Phi) is 7.20. The van der Waals surface area contributed by atoms with Crippen LogP contribution in [0.4, 0.5) is 0 Å². The monoisotopic (exact) mass is 438 g/mol. The molecule has 0 radical (unpaired) electrons. The summed E-state index contributed by atoms with van der Waals surface area (Å²) in [4.78, 5) is 29.3. The zero-order valence-corrected chi connectivity index (χ0v) is 18.9. The predicted molar refractivity (Wildman–Crippen MR) is 122 cm³/mol. The predicted octanol–water partition coefficient (Wildman–Crippen LogP) is 3.41. The number of phenolic OH excluding ortho intramolecular Hbond substituents is 1. The Labute approximate surface area is 188 Å². The number of amides is 1. The van der Waals surface area contributed by atoms with Gasteiger partial charge in [-0.25, -0.2) is 0 Å². The number of rotatable bonds is 8. The van der Waals surface area contributed by atoms with Crippen LogP contribution in [0.1, 0.15) is 31.0 Å². The molecule has 0 saturated carbocycles. The van der Waals surface area contributed by atoms with Crippen LogP contribution >= 0.6 is 0 Å². The van der Waals surface area contributed by atoms with E-state index in [0.717, 1.165) is 0 Å². The van der Waals surface area contributed by atoms with Crippen LogP contribution in [-0.4, -0.2) is 65.5 Å². The fraction of sp³-hybridized carbons (Fsp3) is 0.360. The van der Waals surface area contributed by atoms with E-state index in [9.17, 15) is 19.8 Å². The van der Waals surface area contributed by atoms with E-state index in [1.807, 2.05) is 32.8 Å². The molecule has 1 aliphatic rings. The van der Waals surface area contributed by atoms with Crippen LogP contribution in [-0.2, 0) is 9.59 Å². The van der Waals surface area contributed by atoms with Gasteiger partial charge < -0.3 is 24.7 Å². The highest BCUT2D eigenvalue weighted by atomic mass is 16.5. The minimum atomic E-state index is -0.754. The van der Waals surface area contributed by atoms with E-state index in [2.05, 4.69) is 0 Å². The molecular formula is C25H30N2O5. The van der Waals surface area contributed by atoms with Crippen molar-refractivity contribution in [2.75, 3.05) is 33.8 Å². The van der Waals surface area contributed by atoms with Crippen LogP contribution in [0.3, 0.4) is 0 Å². The third kappa shape index (κ3) is 5.11. The summed E-state index contributed by atoms with van der Waals surface area (Å²) in [7, 11) is 3.77. The fourth-order valence-electron chi connectivity index (χ4n) is 3.57. The molecule has 1 aliphatic heterocycles. The molecule has 0 spiro atoms. The van der Waals surface area contributed by atoms with Crippen molar-refractivity contribution in [2.24, 2.45) is 5.92 Å². The standard InChI is InChI=1S/C25H30N2O5/c1-16(2)15-32-20-7-5-6-18(14-20)23(29)21-22(17-8-10-19(28)11-9-17)27(13-12-26(3)4)25(31)24(21)30/h5-11,14,16,22,28-29H,12-13,15H2,1-4H3/b23-21-. The third-order valence-corrected chi connectivity index (χ3v) is 5.23. The molecule has 170 valence electrons. The molecule has 1 saturated heterocycles. The second-order valence-corrected chi connectivity index (χ2v) is 8.62. The van der Waals surface area contributed by atoms with Crippen molar-refractivity contribution in [3.63, 3.8) is 0 Å². The summed E-state index contributed by atoms with van der Waals surface area (Å²) in [5.41, 5.74) is 1.07. The largest absolute Gasteiger partial charge is 0.508 e. The molecule has 0 aromatic heterocycles. The van der Waals surface area contributed by atoms with E-state index >= 15 is 0 Å². The molecule has 1 fully saturated rings. The molecule has 3 rings (SSSR count). The number of ketones is 1. The third-order valence-electron chi connectivity index (χ3n) is 5.23. The first kappa shape index (κ1) is 23.3. The number of carbonyl (C=O) groups is 2. The summed E-state index contributed by atoms with van der Waals surface area (Å²) in [6.45, 7) is 5.47. The number of benzene rings is 2. The lowest BCUT2D eigenvalue weighted by Gasteiger charge is -2.26. The molecule has 0 bridgehead atoms. The quantitative estimate of drug-likeness (QED) is 0.373. The van der Waals surface area contributed by atoms with Gasteiger partial charge in [0.2, 0.25) is 0 Å². The maximum Gasteiger partial charge on any atom is 0.295 e. The number of phenols is 1. The molecule has 1 amide bonds. The summed E-state index contributed by atoms with van der Waals surface area (Å²) >= 11 is 0. The van der Waals surface area contributed by atoms with Gasteiger partial charge in [-0.05, 0) is 49.8 Å². The summed E-state index contributed by atoms with van der Waals surface area (Å²) < 4.78 is 5.75. The van der Waals surface area contributed by atoms with Crippen molar-refractivity contribution in [3.05, 3.63) is 65.2 Å². The van der Waals surface area contributed by atoms with E-state index in [1.165, 1.54) is 17.0 Å². The van der Waals surface area contributed by atoms with Crippen molar-refractivity contribution < 1.29 is 24.5 Å². The Morgan fingerprint density at radius 2 is 1.81 bits per heavy atom. The highest BCUT2D eigenvalue weighted by molar-refractivity contribution is 6.46. The zero-order chi connectivity index (χ0) is 23.4. The molecule has 2 aromatic rings. The van der Waals surface area contributed by atoms with Gasteiger partial charge in [0.25, 0.3) is 11.7 Å². The van der Waals surface area contributed by atoms with E-state index in [4.69, 9.17) is 4.74 Å². The molecule has 1 atom stereocenters. The van der Waals surface area contributed by atoms with Gasteiger partial charge in [-0.3, -0.25) is 9.59 Å².